The van der Waals surface area contributed by atoms with E-state index in [0.717, 1.165) is 12.8 Å². The van der Waals surface area contributed by atoms with Crippen LogP contribution in [0.25, 0.3) is 0 Å². The molecule has 1 aromatic heterocycles. The second-order valence-electron chi connectivity index (χ2n) is 7.10. The number of ether oxygens (including phenoxy) is 2. The first kappa shape index (κ1) is 19.8. The van der Waals surface area contributed by atoms with Gasteiger partial charge in [-0.2, -0.15) is 0 Å². The monoisotopic (exact) mass is 456 g/mol. The van der Waals surface area contributed by atoms with Gasteiger partial charge in [0.15, 0.2) is 11.5 Å². The topological polar surface area (TPSA) is 93.7 Å². The summed E-state index contributed by atoms with van der Waals surface area (Å²) in [6, 6.07) is 11.9. The molecule has 0 bridgehead atoms. The zero-order chi connectivity index (χ0) is 21.4. The molecule has 2 aliphatic rings. The third-order valence-electron chi connectivity index (χ3n) is 5.17. The van der Waals surface area contributed by atoms with Crippen molar-refractivity contribution in [3.05, 3.63) is 63.1 Å². The van der Waals surface area contributed by atoms with Crippen LogP contribution in [0.15, 0.2) is 42.5 Å². The highest BCUT2D eigenvalue weighted by Gasteiger charge is 2.34. The van der Waals surface area contributed by atoms with E-state index in [1.807, 2.05) is 0 Å². The van der Waals surface area contributed by atoms with E-state index in [9.17, 15) is 9.59 Å². The van der Waals surface area contributed by atoms with E-state index >= 15 is 0 Å². The maximum absolute atomic E-state index is 13.0. The van der Waals surface area contributed by atoms with Crippen LogP contribution in [0.3, 0.4) is 0 Å². The third kappa shape index (κ3) is 3.82. The highest BCUT2D eigenvalue weighted by molar-refractivity contribution is 7.13. The molecule has 8 nitrogen and oxygen atoms in total. The standard InChI is InChI=1S/C21H17ClN4O4S/c22-14-5-2-1-4-13(14)21(28)26-9-3-6-15(26)19-24-25-20(31-19)18(27)23-12-7-8-16-17(10-12)30-11-29-16/h1-2,4-5,7-8,10,15H,3,6,9,11H2,(H,23,27)/t15-/m1/s1. The minimum atomic E-state index is -0.371. The summed E-state index contributed by atoms with van der Waals surface area (Å²) in [6.45, 7) is 0.768. The molecule has 0 saturated carbocycles. The van der Waals surface area contributed by atoms with Crippen molar-refractivity contribution in [1.82, 2.24) is 15.1 Å². The van der Waals surface area contributed by atoms with Gasteiger partial charge >= 0.3 is 0 Å². The first-order chi connectivity index (χ1) is 15.1. The van der Waals surface area contributed by atoms with Gasteiger partial charge in [0.25, 0.3) is 11.8 Å². The van der Waals surface area contributed by atoms with Crippen LogP contribution >= 0.6 is 22.9 Å². The van der Waals surface area contributed by atoms with Crippen molar-refractivity contribution in [2.45, 2.75) is 18.9 Å². The van der Waals surface area contributed by atoms with E-state index in [0.29, 0.717) is 39.3 Å². The Kier molecular flexibility index (Phi) is 5.21. The largest absolute Gasteiger partial charge is 0.454 e. The predicted molar refractivity (Wildman–Crippen MR) is 115 cm³/mol. The molecule has 31 heavy (non-hydrogen) atoms. The molecule has 158 valence electrons. The van der Waals surface area contributed by atoms with Gasteiger partial charge < -0.3 is 19.7 Å². The lowest BCUT2D eigenvalue weighted by Gasteiger charge is -2.23. The molecule has 0 unspecified atom stereocenters. The van der Waals surface area contributed by atoms with Crippen LogP contribution in [-0.4, -0.2) is 40.2 Å². The molecule has 2 aliphatic heterocycles. The molecule has 1 atom stereocenters. The number of carbonyl (C=O) groups is 2. The minimum absolute atomic E-state index is 0.144. The Labute approximate surface area is 186 Å². The van der Waals surface area contributed by atoms with Gasteiger partial charge in [-0.3, -0.25) is 9.59 Å². The fraction of sp³-hybridized carbons (Fsp3) is 0.238. The van der Waals surface area contributed by atoms with Crippen LogP contribution in [0, 0.1) is 0 Å². The van der Waals surface area contributed by atoms with Gasteiger partial charge in [-0.25, -0.2) is 0 Å². The van der Waals surface area contributed by atoms with Crippen molar-refractivity contribution in [1.29, 1.82) is 0 Å². The number of likely N-dealkylation sites (tertiary alicyclic amines) is 1. The molecule has 3 heterocycles. The number of hydrogen-bond acceptors (Lipinski definition) is 7. The van der Waals surface area contributed by atoms with E-state index in [-0.39, 0.29) is 29.7 Å². The Hall–Kier alpha value is -3.17. The van der Waals surface area contributed by atoms with E-state index in [2.05, 4.69) is 15.5 Å². The average molecular weight is 457 g/mol. The van der Waals surface area contributed by atoms with Crippen LogP contribution in [0.5, 0.6) is 11.5 Å². The van der Waals surface area contributed by atoms with Crippen LogP contribution in [0.4, 0.5) is 5.69 Å². The molecule has 0 aliphatic carbocycles. The molecular formula is C21H17ClN4O4S. The predicted octanol–water partition coefficient (Wildman–Crippen LogP) is 4.15. The summed E-state index contributed by atoms with van der Waals surface area (Å²) < 4.78 is 10.6. The van der Waals surface area contributed by atoms with Crippen molar-refractivity contribution in [2.24, 2.45) is 0 Å². The molecule has 2 amide bonds. The summed E-state index contributed by atoms with van der Waals surface area (Å²) >= 11 is 7.39. The van der Waals surface area contributed by atoms with Crippen molar-refractivity contribution >= 4 is 40.4 Å². The number of benzene rings is 2. The number of anilines is 1. The number of nitrogens with zero attached hydrogens (tertiary/aromatic N) is 3. The van der Waals surface area contributed by atoms with Crippen molar-refractivity contribution in [3.63, 3.8) is 0 Å². The van der Waals surface area contributed by atoms with Crippen molar-refractivity contribution < 1.29 is 19.1 Å². The molecule has 1 saturated heterocycles. The smallest absolute Gasteiger partial charge is 0.286 e. The Bertz CT molecular complexity index is 1170. The molecule has 10 heteroatoms. The van der Waals surface area contributed by atoms with E-state index in [1.54, 1.807) is 47.4 Å². The van der Waals surface area contributed by atoms with E-state index in [1.165, 1.54) is 11.3 Å². The maximum atomic E-state index is 13.0. The molecule has 3 aromatic rings. The highest BCUT2D eigenvalue weighted by Crippen LogP contribution is 2.36. The second kappa shape index (κ2) is 8.16. The Morgan fingerprint density at radius 2 is 1.97 bits per heavy atom. The van der Waals surface area contributed by atoms with Gasteiger partial charge in [0.1, 0.15) is 5.01 Å². The van der Waals surface area contributed by atoms with Gasteiger partial charge in [0.05, 0.1) is 16.6 Å². The molecular weight excluding hydrogens is 440 g/mol. The average Bonchev–Trinajstić information content (AvgIpc) is 3.52. The summed E-state index contributed by atoms with van der Waals surface area (Å²) in [6.07, 6.45) is 1.60. The number of fused-ring (bicyclic) bond motifs is 1. The Balaban J connectivity index is 1.32. The third-order valence-corrected chi connectivity index (χ3v) is 6.52. The number of carbonyl (C=O) groups excluding carboxylic acids is 2. The minimum Gasteiger partial charge on any atom is -0.454 e. The lowest BCUT2D eigenvalue weighted by Crippen LogP contribution is -2.30. The first-order valence-corrected chi connectivity index (χ1v) is 10.9. The Morgan fingerprint density at radius 3 is 2.84 bits per heavy atom. The van der Waals surface area contributed by atoms with Gasteiger partial charge in [0.2, 0.25) is 11.8 Å². The highest BCUT2D eigenvalue weighted by atomic mass is 35.5. The SMILES string of the molecule is O=C(Nc1ccc2c(c1)OCO2)c1nnc([C@H]2CCCN2C(=O)c2ccccc2Cl)s1. The van der Waals surface area contributed by atoms with E-state index in [4.69, 9.17) is 21.1 Å². The Morgan fingerprint density at radius 1 is 1.13 bits per heavy atom. The zero-order valence-corrected chi connectivity index (χ0v) is 17.8. The van der Waals surface area contributed by atoms with Crippen LogP contribution in [0.1, 0.15) is 44.1 Å². The zero-order valence-electron chi connectivity index (χ0n) is 16.2. The molecule has 1 N–H and O–H groups in total. The van der Waals surface area contributed by atoms with Crippen LogP contribution < -0.4 is 14.8 Å². The first-order valence-electron chi connectivity index (χ1n) is 9.70. The van der Waals surface area contributed by atoms with Crippen LogP contribution in [-0.2, 0) is 0 Å². The molecule has 5 rings (SSSR count). The number of nitrogens with one attached hydrogen (secondary N) is 1. The summed E-state index contributed by atoms with van der Waals surface area (Å²) in [4.78, 5) is 27.4. The quantitative estimate of drug-likeness (QED) is 0.633. The number of hydrogen-bond donors (Lipinski definition) is 1. The van der Waals surface area contributed by atoms with Crippen molar-refractivity contribution in [2.75, 3.05) is 18.7 Å². The number of aromatic nitrogens is 2. The van der Waals surface area contributed by atoms with Crippen LogP contribution in [0.2, 0.25) is 5.02 Å². The lowest BCUT2D eigenvalue weighted by molar-refractivity contribution is 0.0735. The normalized spacial score (nSPS) is 17.1. The van der Waals surface area contributed by atoms with E-state index < -0.39 is 0 Å². The van der Waals surface area contributed by atoms with Gasteiger partial charge in [0, 0.05) is 18.3 Å². The molecule has 0 spiro atoms. The summed E-state index contributed by atoms with van der Waals surface area (Å²) in [7, 11) is 0. The second-order valence-corrected chi connectivity index (χ2v) is 8.52. The maximum Gasteiger partial charge on any atom is 0.286 e. The lowest BCUT2D eigenvalue weighted by atomic mass is 10.1. The fourth-order valence-electron chi connectivity index (χ4n) is 3.68. The summed E-state index contributed by atoms with van der Waals surface area (Å²) in [5.41, 5.74) is 1.03. The van der Waals surface area contributed by atoms with Gasteiger partial charge in [-0.05, 0) is 37.1 Å². The van der Waals surface area contributed by atoms with Crippen molar-refractivity contribution in [3.8, 4) is 11.5 Å². The van der Waals surface area contributed by atoms with Gasteiger partial charge in [-0.15, -0.1) is 10.2 Å². The number of halogens is 1. The summed E-state index contributed by atoms with van der Waals surface area (Å²) in [5.74, 6) is 0.704. The molecule has 0 radical (unpaired) electrons. The number of amides is 2. The molecule has 1 fully saturated rings. The molecule has 2 aromatic carbocycles. The van der Waals surface area contributed by atoms with Gasteiger partial charge in [-0.1, -0.05) is 35.1 Å². The fourth-order valence-corrected chi connectivity index (χ4v) is 4.78. The number of rotatable bonds is 4. The summed E-state index contributed by atoms with van der Waals surface area (Å²) in [5, 5.41) is 12.3.